The van der Waals surface area contributed by atoms with E-state index in [0.29, 0.717) is 24.4 Å². The van der Waals surface area contributed by atoms with E-state index in [0.717, 1.165) is 0 Å². The van der Waals surface area contributed by atoms with Crippen molar-refractivity contribution < 1.29 is 14.3 Å². The van der Waals surface area contributed by atoms with Crippen LogP contribution in [0.4, 0.5) is 5.69 Å². The van der Waals surface area contributed by atoms with Gasteiger partial charge in [-0.1, -0.05) is 29.8 Å². The molecule has 20 heavy (non-hydrogen) atoms. The van der Waals surface area contributed by atoms with Crippen LogP contribution in [0.5, 0.6) is 5.75 Å². The summed E-state index contributed by atoms with van der Waals surface area (Å²) in [5.74, 6) is 3.00. The summed E-state index contributed by atoms with van der Waals surface area (Å²) in [4.78, 5) is 24.9. The predicted molar refractivity (Wildman–Crippen MR) is 79.8 cm³/mol. The second kappa shape index (κ2) is 6.49. The number of thioether (sulfide) groups is 1. The van der Waals surface area contributed by atoms with Gasteiger partial charge in [-0.15, -0.1) is 6.42 Å². The minimum atomic E-state index is 0.000470. The molecule has 1 aliphatic rings. The number of amides is 1. The summed E-state index contributed by atoms with van der Waals surface area (Å²) in [5, 5.41) is 0.0298. The lowest BCUT2D eigenvalue weighted by atomic mass is 10.2. The number of benzene rings is 1. The fourth-order valence-corrected chi connectivity index (χ4v) is 3.06. The van der Waals surface area contributed by atoms with Crippen LogP contribution in [0.15, 0.2) is 24.3 Å². The first kappa shape index (κ1) is 14.5. The largest absolute Gasteiger partial charge is 0.479 e. The minimum absolute atomic E-state index is 0.000470. The second-order valence-electron chi connectivity index (χ2n) is 4.40. The van der Waals surface area contributed by atoms with Crippen LogP contribution in [0.1, 0.15) is 13.3 Å². The fraction of sp³-hybridized carbons (Fsp3) is 0.333. The number of anilines is 1. The third-order valence-electron chi connectivity index (χ3n) is 2.89. The van der Waals surface area contributed by atoms with Crippen LogP contribution >= 0.6 is 11.8 Å². The Morgan fingerprint density at radius 3 is 3.00 bits per heavy atom. The quantitative estimate of drug-likeness (QED) is 0.796. The van der Waals surface area contributed by atoms with Crippen molar-refractivity contribution in [2.45, 2.75) is 18.6 Å². The number of carbonyl (C=O) groups excluding carboxylic acids is 2. The van der Waals surface area contributed by atoms with Crippen LogP contribution in [-0.2, 0) is 9.59 Å². The highest BCUT2D eigenvalue weighted by atomic mass is 32.2. The minimum Gasteiger partial charge on any atom is -0.479 e. The Bertz CT molecular complexity index is 564. The maximum absolute atomic E-state index is 12.1. The number of terminal acetylenes is 1. The van der Waals surface area contributed by atoms with Crippen molar-refractivity contribution in [2.75, 3.05) is 18.1 Å². The highest BCUT2D eigenvalue weighted by Crippen LogP contribution is 2.34. The lowest BCUT2D eigenvalue weighted by Crippen LogP contribution is -2.25. The van der Waals surface area contributed by atoms with Crippen molar-refractivity contribution >= 4 is 28.5 Å². The van der Waals surface area contributed by atoms with Gasteiger partial charge < -0.3 is 9.64 Å². The SMILES string of the molecule is C#CCOc1ccccc1N1CC(SC(C)=O)CC1=O. The number of hydrogen-bond acceptors (Lipinski definition) is 4. The summed E-state index contributed by atoms with van der Waals surface area (Å²) < 4.78 is 5.46. The zero-order valence-corrected chi connectivity index (χ0v) is 12.0. The molecule has 0 radical (unpaired) electrons. The Hall–Kier alpha value is -1.93. The molecule has 1 unspecified atom stereocenters. The van der Waals surface area contributed by atoms with Crippen LogP contribution in [-0.4, -0.2) is 29.4 Å². The molecule has 1 amide bonds. The summed E-state index contributed by atoms with van der Waals surface area (Å²) in [6.07, 6.45) is 5.56. The summed E-state index contributed by atoms with van der Waals surface area (Å²) in [6.45, 7) is 2.19. The summed E-state index contributed by atoms with van der Waals surface area (Å²) in [6, 6.07) is 7.28. The molecule has 1 saturated heterocycles. The van der Waals surface area contributed by atoms with Gasteiger partial charge in [0.25, 0.3) is 0 Å². The van der Waals surface area contributed by atoms with E-state index in [4.69, 9.17) is 11.2 Å². The molecule has 5 heteroatoms. The van der Waals surface area contributed by atoms with E-state index in [1.807, 2.05) is 18.2 Å². The topological polar surface area (TPSA) is 46.6 Å². The zero-order chi connectivity index (χ0) is 14.5. The molecule has 0 aromatic heterocycles. The van der Waals surface area contributed by atoms with E-state index in [9.17, 15) is 9.59 Å². The highest BCUT2D eigenvalue weighted by molar-refractivity contribution is 8.14. The number of ether oxygens (including phenoxy) is 1. The highest BCUT2D eigenvalue weighted by Gasteiger charge is 2.33. The molecular weight excluding hydrogens is 274 g/mol. The van der Waals surface area contributed by atoms with Gasteiger partial charge >= 0.3 is 0 Å². The maximum Gasteiger partial charge on any atom is 0.228 e. The molecule has 2 rings (SSSR count). The van der Waals surface area contributed by atoms with E-state index >= 15 is 0 Å². The predicted octanol–water partition coefficient (Wildman–Crippen LogP) is 2.08. The Kier molecular flexibility index (Phi) is 4.70. The average molecular weight is 289 g/mol. The summed E-state index contributed by atoms with van der Waals surface area (Å²) in [5.41, 5.74) is 0.708. The lowest BCUT2D eigenvalue weighted by molar-refractivity contribution is -0.117. The van der Waals surface area contributed by atoms with E-state index in [-0.39, 0.29) is 22.9 Å². The van der Waals surface area contributed by atoms with E-state index in [1.165, 1.54) is 18.7 Å². The number of rotatable bonds is 4. The number of carbonyl (C=O) groups is 2. The van der Waals surface area contributed by atoms with Crippen LogP contribution < -0.4 is 9.64 Å². The molecule has 0 bridgehead atoms. The van der Waals surface area contributed by atoms with Crippen molar-refractivity contribution in [1.82, 2.24) is 0 Å². The first-order valence-electron chi connectivity index (χ1n) is 6.24. The molecule has 0 N–H and O–H groups in total. The Labute approximate surface area is 122 Å². The Morgan fingerprint density at radius 1 is 1.55 bits per heavy atom. The molecule has 0 aliphatic carbocycles. The van der Waals surface area contributed by atoms with Crippen molar-refractivity contribution in [3.8, 4) is 18.1 Å². The van der Waals surface area contributed by atoms with Gasteiger partial charge in [0.05, 0.1) is 5.69 Å². The van der Waals surface area contributed by atoms with Crippen molar-refractivity contribution in [2.24, 2.45) is 0 Å². The molecule has 1 aromatic carbocycles. The molecule has 104 valence electrons. The molecule has 0 spiro atoms. The standard InChI is InChI=1S/C15H15NO3S/c1-3-8-19-14-7-5-4-6-13(14)16-10-12(9-15(16)18)20-11(2)17/h1,4-7,12H,8-10H2,2H3. The first-order valence-corrected chi connectivity index (χ1v) is 7.12. The van der Waals surface area contributed by atoms with Gasteiger partial charge in [0.2, 0.25) is 5.91 Å². The van der Waals surface area contributed by atoms with E-state index in [1.54, 1.807) is 11.0 Å². The molecule has 1 aliphatic heterocycles. The monoisotopic (exact) mass is 289 g/mol. The molecule has 4 nitrogen and oxygen atoms in total. The Balaban J connectivity index is 2.17. The average Bonchev–Trinajstić information content (AvgIpc) is 2.76. The van der Waals surface area contributed by atoms with Crippen molar-refractivity contribution in [1.29, 1.82) is 0 Å². The van der Waals surface area contributed by atoms with Gasteiger partial charge in [-0.05, 0) is 12.1 Å². The third-order valence-corrected chi connectivity index (χ3v) is 3.87. The fourth-order valence-electron chi connectivity index (χ4n) is 2.14. The van der Waals surface area contributed by atoms with Crippen LogP contribution in [0.3, 0.4) is 0 Å². The van der Waals surface area contributed by atoms with Gasteiger partial charge in [0.15, 0.2) is 5.12 Å². The number of para-hydroxylation sites is 2. The Morgan fingerprint density at radius 2 is 2.30 bits per heavy atom. The lowest BCUT2D eigenvalue weighted by Gasteiger charge is -2.19. The number of hydrogen-bond donors (Lipinski definition) is 0. The van der Waals surface area contributed by atoms with Crippen LogP contribution in [0.2, 0.25) is 0 Å². The molecule has 1 heterocycles. The molecule has 1 fully saturated rings. The van der Waals surface area contributed by atoms with Gasteiger partial charge in [-0.2, -0.15) is 0 Å². The molecule has 1 atom stereocenters. The van der Waals surface area contributed by atoms with Gasteiger partial charge in [-0.3, -0.25) is 9.59 Å². The molecule has 0 saturated carbocycles. The van der Waals surface area contributed by atoms with Crippen LogP contribution in [0, 0.1) is 12.3 Å². The maximum atomic E-state index is 12.1. The summed E-state index contributed by atoms with van der Waals surface area (Å²) in [7, 11) is 0. The van der Waals surface area contributed by atoms with Crippen LogP contribution in [0.25, 0.3) is 0 Å². The van der Waals surface area contributed by atoms with Crippen molar-refractivity contribution in [3.63, 3.8) is 0 Å². The molecular formula is C15H15NO3S. The van der Waals surface area contributed by atoms with Crippen molar-refractivity contribution in [3.05, 3.63) is 24.3 Å². The first-order chi connectivity index (χ1) is 9.61. The smallest absolute Gasteiger partial charge is 0.228 e. The van der Waals surface area contributed by atoms with Gasteiger partial charge in [-0.25, -0.2) is 0 Å². The van der Waals surface area contributed by atoms with Gasteiger partial charge in [0.1, 0.15) is 12.4 Å². The van der Waals surface area contributed by atoms with E-state index in [2.05, 4.69) is 5.92 Å². The summed E-state index contributed by atoms with van der Waals surface area (Å²) >= 11 is 1.21. The normalized spacial score (nSPS) is 17.9. The molecule has 1 aromatic rings. The second-order valence-corrected chi connectivity index (χ2v) is 5.88. The zero-order valence-electron chi connectivity index (χ0n) is 11.2. The van der Waals surface area contributed by atoms with E-state index < -0.39 is 0 Å². The van der Waals surface area contributed by atoms with Gasteiger partial charge in [0, 0.05) is 25.1 Å². The third kappa shape index (κ3) is 3.34. The number of nitrogens with zero attached hydrogens (tertiary/aromatic N) is 1.